The highest BCUT2D eigenvalue weighted by Crippen LogP contribution is 2.38. The third-order valence-electron chi connectivity index (χ3n) is 6.78. The Labute approximate surface area is 203 Å². The zero-order chi connectivity index (χ0) is 25.7. The second-order valence-electron chi connectivity index (χ2n) is 9.74. The van der Waals surface area contributed by atoms with Gasteiger partial charge in [0.25, 0.3) is 6.43 Å². The number of hydrogen-bond donors (Lipinski definition) is 1. The van der Waals surface area contributed by atoms with E-state index in [2.05, 4.69) is 15.3 Å². The number of aryl methyl sites for hydroxylation is 1. The van der Waals surface area contributed by atoms with Crippen molar-refractivity contribution in [2.75, 3.05) is 12.4 Å². The molecule has 2 heterocycles. The van der Waals surface area contributed by atoms with E-state index in [-0.39, 0.29) is 5.56 Å². The molecule has 1 aliphatic rings. The van der Waals surface area contributed by atoms with Crippen molar-refractivity contribution in [2.24, 2.45) is 0 Å². The Morgan fingerprint density at radius 3 is 2.26 bits per heavy atom. The van der Waals surface area contributed by atoms with E-state index in [4.69, 9.17) is 14.0 Å². The first-order valence-corrected chi connectivity index (χ1v) is 11.4. The van der Waals surface area contributed by atoms with Crippen LogP contribution >= 0.6 is 0 Å². The van der Waals surface area contributed by atoms with Crippen LogP contribution in [0, 0.1) is 12.7 Å². The Morgan fingerprint density at radius 2 is 1.66 bits per heavy atom. The van der Waals surface area contributed by atoms with Crippen LogP contribution in [0.5, 0.6) is 5.75 Å². The summed E-state index contributed by atoms with van der Waals surface area (Å²) in [7, 11) is 0.891. The predicted molar refractivity (Wildman–Crippen MR) is 130 cm³/mol. The van der Waals surface area contributed by atoms with Gasteiger partial charge in [-0.25, -0.2) is 23.1 Å². The lowest BCUT2D eigenvalue weighted by molar-refractivity contribution is 0.00578. The number of fused-ring (bicyclic) bond motifs is 1. The Morgan fingerprint density at radius 1 is 1.03 bits per heavy atom. The zero-order valence-corrected chi connectivity index (χ0v) is 20.9. The molecule has 0 spiro atoms. The molecule has 0 bridgehead atoms. The van der Waals surface area contributed by atoms with Gasteiger partial charge in [0.2, 0.25) is 0 Å². The van der Waals surface area contributed by atoms with Crippen LogP contribution in [0.1, 0.15) is 64.0 Å². The van der Waals surface area contributed by atoms with Crippen LogP contribution in [0.4, 0.5) is 19.0 Å². The van der Waals surface area contributed by atoms with Gasteiger partial charge in [0, 0.05) is 16.4 Å². The summed E-state index contributed by atoms with van der Waals surface area (Å²) in [6.07, 6.45) is -2.90. The molecule has 1 fully saturated rings. The van der Waals surface area contributed by atoms with E-state index in [0.717, 1.165) is 6.07 Å². The van der Waals surface area contributed by atoms with Crippen LogP contribution < -0.4 is 15.5 Å². The number of methoxy groups -OCH3 is 1. The van der Waals surface area contributed by atoms with Crippen LogP contribution in [0.25, 0.3) is 10.9 Å². The minimum absolute atomic E-state index is 0.119. The summed E-state index contributed by atoms with van der Waals surface area (Å²) in [5, 5.41) is 3.79. The fourth-order valence-electron chi connectivity index (χ4n) is 4.08. The van der Waals surface area contributed by atoms with Gasteiger partial charge in [-0.2, -0.15) is 0 Å². The summed E-state index contributed by atoms with van der Waals surface area (Å²) in [6.45, 7) is 11.3. The van der Waals surface area contributed by atoms with E-state index < -0.39 is 42.2 Å². The van der Waals surface area contributed by atoms with Crippen molar-refractivity contribution in [3.05, 3.63) is 53.1 Å². The Balaban J connectivity index is 1.75. The first-order valence-electron chi connectivity index (χ1n) is 11.4. The standard InChI is InChI=1S/C25H29BF3N3O3/c1-13(15-9-8-10-16(21(15)27)22(28)29)30-23-17-11-20(33-7)18(12-19(17)31-14(2)32-23)26-34-24(3,4)25(5,6)35-26/h8-13,22H,1-7H3,(H,30,31,32). The Kier molecular flexibility index (Phi) is 6.48. The summed E-state index contributed by atoms with van der Waals surface area (Å²) in [4.78, 5) is 9.05. The fourth-order valence-corrected chi connectivity index (χ4v) is 4.08. The number of aromatic nitrogens is 2. The number of halogens is 3. The molecule has 6 nitrogen and oxygen atoms in total. The molecular formula is C25H29BF3N3O3. The second-order valence-corrected chi connectivity index (χ2v) is 9.74. The highest BCUT2D eigenvalue weighted by Gasteiger charge is 2.52. The first-order chi connectivity index (χ1) is 16.3. The van der Waals surface area contributed by atoms with Crippen molar-refractivity contribution in [3.63, 3.8) is 0 Å². The molecule has 1 atom stereocenters. The van der Waals surface area contributed by atoms with Gasteiger partial charge < -0.3 is 19.4 Å². The summed E-state index contributed by atoms with van der Waals surface area (Å²) in [5.41, 5.74) is -0.274. The van der Waals surface area contributed by atoms with E-state index in [1.165, 1.54) is 12.1 Å². The smallest absolute Gasteiger partial charge is 0.497 e. The maximum Gasteiger partial charge on any atom is 0.498 e. The average Bonchev–Trinajstić information content (AvgIpc) is 2.99. The van der Waals surface area contributed by atoms with Gasteiger partial charge in [0.05, 0.1) is 35.4 Å². The van der Waals surface area contributed by atoms with Crippen molar-refractivity contribution in [1.29, 1.82) is 0 Å². The van der Waals surface area contributed by atoms with Gasteiger partial charge in [-0.3, -0.25) is 0 Å². The second kappa shape index (κ2) is 8.98. The number of anilines is 1. The molecule has 1 unspecified atom stereocenters. The van der Waals surface area contributed by atoms with Crippen molar-refractivity contribution in [2.45, 2.75) is 65.2 Å². The molecule has 0 amide bonds. The number of nitrogens with zero attached hydrogens (tertiary/aromatic N) is 2. The van der Waals surface area contributed by atoms with Gasteiger partial charge in [0.1, 0.15) is 23.2 Å². The molecule has 1 aliphatic heterocycles. The molecule has 3 aromatic rings. The topological polar surface area (TPSA) is 65.5 Å². The predicted octanol–water partition coefficient (Wildman–Crippen LogP) is 5.50. The zero-order valence-electron chi connectivity index (χ0n) is 20.9. The highest BCUT2D eigenvalue weighted by atomic mass is 19.3. The monoisotopic (exact) mass is 487 g/mol. The number of hydrogen-bond acceptors (Lipinski definition) is 6. The largest absolute Gasteiger partial charge is 0.498 e. The van der Waals surface area contributed by atoms with E-state index in [1.54, 1.807) is 27.0 Å². The third-order valence-corrected chi connectivity index (χ3v) is 6.78. The summed E-state index contributed by atoms with van der Waals surface area (Å²) >= 11 is 0. The maximum absolute atomic E-state index is 14.7. The summed E-state index contributed by atoms with van der Waals surface area (Å²) in [5.74, 6) is 0.503. The van der Waals surface area contributed by atoms with Crippen LogP contribution in [0.15, 0.2) is 30.3 Å². The lowest BCUT2D eigenvalue weighted by Gasteiger charge is -2.32. The number of nitrogens with one attached hydrogen (secondary N) is 1. The molecule has 0 radical (unpaired) electrons. The van der Waals surface area contributed by atoms with Crippen molar-refractivity contribution in [3.8, 4) is 5.75 Å². The van der Waals surface area contributed by atoms with Crippen LogP contribution in [0.3, 0.4) is 0 Å². The fraction of sp³-hybridized carbons (Fsp3) is 0.440. The molecule has 186 valence electrons. The van der Waals surface area contributed by atoms with Gasteiger partial charge >= 0.3 is 7.12 Å². The molecule has 0 aliphatic carbocycles. The normalized spacial score (nSPS) is 17.7. The average molecular weight is 487 g/mol. The van der Waals surface area contributed by atoms with Gasteiger partial charge in [-0.1, -0.05) is 18.2 Å². The van der Waals surface area contributed by atoms with Crippen molar-refractivity contribution in [1.82, 2.24) is 9.97 Å². The summed E-state index contributed by atoms with van der Waals surface area (Å²) < 4.78 is 59.2. The molecule has 0 saturated carbocycles. The van der Waals surface area contributed by atoms with E-state index in [0.29, 0.717) is 33.8 Å². The molecular weight excluding hydrogens is 458 g/mol. The lowest BCUT2D eigenvalue weighted by atomic mass is 9.77. The lowest BCUT2D eigenvalue weighted by Crippen LogP contribution is -2.41. The quantitative estimate of drug-likeness (QED) is 0.464. The van der Waals surface area contributed by atoms with Gasteiger partial charge in [-0.05, 0) is 53.7 Å². The molecule has 1 aromatic heterocycles. The Hall–Kier alpha value is -2.85. The van der Waals surface area contributed by atoms with E-state index >= 15 is 0 Å². The minimum Gasteiger partial charge on any atom is -0.497 e. The third kappa shape index (κ3) is 4.57. The molecule has 1 saturated heterocycles. The number of ether oxygens (including phenoxy) is 1. The highest BCUT2D eigenvalue weighted by molar-refractivity contribution is 6.63. The maximum atomic E-state index is 14.7. The van der Waals surface area contributed by atoms with E-state index in [1.807, 2.05) is 33.8 Å². The number of alkyl halides is 2. The number of rotatable bonds is 6. The Bertz CT molecular complexity index is 1250. The first kappa shape index (κ1) is 25.3. The summed E-state index contributed by atoms with van der Waals surface area (Å²) in [6, 6.07) is 6.95. The molecule has 1 N–H and O–H groups in total. The molecule has 2 aromatic carbocycles. The van der Waals surface area contributed by atoms with Crippen molar-refractivity contribution >= 4 is 29.3 Å². The molecule has 35 heavy (non-hydrogen) atoms. The minimum atomic E-state index is -2.90. The van der Waals surface area contributed by atoms with Crippen molar-refractivity contribution < 1.29 is 27.2 Å². The molecule has 4 rings (SSSR count). The molecule has 10 heteroatoms. The van der Waals surface area contributed by atoms with Crippen LogP contribution in [0.2, 0.25) is 0 Å². The number of benzene rings is 2. The van der Waals surface area contributed by atoms with E-state index in [9.17, 15) is 13.2 Å². The van der Waals surface area contributed by atoms with Gasteiger partial charge in [-0.15, -0.1) is 0 Å². The van der Waals surface area contributed by atoms with Gasteiger partial charge in [0.15, 0.2) is 0 Å². The SMILES string of the molecule is COc1cc2c(NC(C)c3cccc(C(F)F)c3F)nc(C)nc2cc1B1OC(C)(C)C(C)(C)O1. The van der Waals surface area contributed by atoms with Crippen LogP contribution in [-0.4, -0.2) is 35.4 Å². The van der Waals surface area contributed by atoms with Crippen LogP contribution in [-0.2, 0) is 9.31 Å².